The number of aromatic nitrogens is 2. The van der Waals surface area contributed by atoms with Crippen LogP contribution < -0.4 is 0 Å². The molecule has 164 valence electrons. The quantitative estimate of drug-likeness (QED) is 0.444. The van der Waals surface area contributed by atoms with Crippen molar-refractivity contribution in [1.82, 2.24) is 14.9 Å². The molecule has 0 N–H and O–H groups in total. The average Bonchev–Trinajstić information content (AvgIpc) is 2.77. The molecule has 0 spiro atoms. The number of fused-ring (bicyclic) bond motifs is 1. The summed E-state index contributed by atoms with van der Waals surface area (Å²) in [5.41, 5.74) is 4.60. The van der Waals surface area contributed by atoms with E-state index in [9.17, 15) is 4.79 Å². The van der Waals surface area contributed by atoms with Crippen molar-refractivity contribution in [3.8, 4) is 11.4 Å². The summed E-state index contributed by atoms with van der Waals surface area (Å²) in [6.45, 7) is 6.68. The molecule has 0 saturated heterocycles. The minimum Gasteiger partial charge on any atom is -0.444 e. The number of carbonyl (C=O) groups is 1. The van der Waals surface area contributed by atoms with Gasteiger partial charge in [-0.2, -0.15) is 0 Å². The molecule has 32 heavy (non-hydrogen) atoms. The summed E-state index contributed by atoms with van der Waals surface area (Å²) in [5.74, 6) is 0.697. The first-order valence-corrected chi connectivity index (χ1v) is 11.0. The average molecular weight is 448 g/mol. The zero-order valence-electron chi connectivity index (χ0n) is 18.5. The molecular weight excluding hydrogens is 422 g/mol. The van der Waals surface area contributed by atoms with Crippen molar-refractivity contribution in [2.75, 3.05) is 6.54 Å². The monoisotopic (exact) mass is 447 g/mol. The first-order valence-electron chi connectivity index (χ1n) is 10.6. The second kappa shape index (κ2) is 9.13. The van der Waals surface area contributed by atoms with Crippen LogP contribution in [0.15, 0.2) is 54.7 Å². The number of halogens is 1. The van der Waals surface area contributed by atoms with Gasteiger partial charge in [0.15, 0.2) is 5.82 Å². The van der Waals surface area contributed by atoms with Crippen LogP contribution in [0.2, 0.25) is 5.02 Å². The minimum absolute atomic E-state index is 0.297. The van der Waals surface area contributed by atoms with E-state index in [1.54, 1.807) is 4.90 Å². The third kappa shape index (κ3) is 5.54. The summed E-state index contributed by atoms with van der Waals surface area (Å²) in [7, 11) is 0. The van der Waals surface area contributed by atoms with Crippen LogP contribution in [0.5, 0.6) is 0 Å². The number of nitrogens with zero attached hydrogens (tertiary/aromatic N) is 3. The number of ether oxygens (including phenoxy) is 1. The van der Waals surface area contributed by atoms with Crippen molar-refractivity contribution in [2.24, 2.45) is 0 Å². The van der Waals surface area contributed by atoms with Crippen LogP contribution in [0.3, 0.4) is 0 Å². The normalized spacial score (nSPS) is 13.8. The standard InChI is InChI=1S/C26H26ClN3O2/c1-26(2,3)32-25(31)30-15-14-23-21(17-30)16-28-24(29-23)20-10-6-18(7-11-20)4-5-19-8-12-22(27)13-9-19/h4-13,16H,14-15,17H2,1-3H3. The van der Waals surface area contributed by atoms with Crippen molar-refractivity contribution in [3.05, 3.63) is 82.1 Å². The maximum Gasteiger partial charge on any atom is 0.410 e. The van der Waals surface area contributed by atoms with Gasteiger partial charge in [0.2, 0.25) is 0 Å². The Morgan fingerprint density at radius 3 is 2.28 bits per heavy atom. The highest BCUT2D eigenvalue weighted by Gasteiger charge is 2.26. The summed E-state index contributed by atoms with van der Waals surface area (Å²) in [4.78, 5) is 23.4. The van der Waals surface area contributed by atoms with Crippen LogP contribution in [0.25, 0.3) is 23.5 Å². The van der Waals surface area contributed by atoms with Gasteiger partial charge in [0.1, 0.15) is 5.60 Å². The van der Waals surface area contributed by atoms with Gasteiger partial charge in [-0.05, 0) is 44.0 Å². The Labute approximate surface area is 193 Å². The van der Waals surface area contributed by atoms with Crippen LogP contribution in [-0.4, -0.2) is 33.1 Å². The van der Waals surface area contributed by atoms with Gasteiger partial charge in [-0.3, -0.25) is 0 Å². The van der Waals surface area contributed by atoms with Crippen molar-refractivity contribution in [3.63, 3.8) is 0 Å². The molecule has 2 heterocycles. The fourth-order valence-electron chi connectivity index (χ4n) is 3.45. The first-order chi connectivity index (χ1) is 15.3. The molecule has 1 aliphatic rings. The smallest absolute Gasteiger partial charge is 0.410 e. The second-order valence-corrected chi connectivity index (χ2v) is 9.26. The molecule has 0 atom stereocenters. The van der Waals surface area contributed by atoms with Gasteiger partial charge in [0.25, 0.3) is 0 Å². The fraction of sp³-hybridized carbons (Fsp3) is 0.269. The number of hydrogen-bond donors (Lipinski definition) is 0. The van der Waals surface area contributed by atoms with Gasteiger partial charge < -0.3 is 9.64 Å². The van der Waals surface area contributed by atoms with Crippen molar-refractivity contribution < 1.29 is 9.53 Å². The number of hydrogen-bond acceptors (Lipinski definition) is 4. The van der Waals surface area contributed by atoms with E-state index in [1.165, 1.54) is 0 Å². The molecule has 1 aliphatic heterocycles. The van der Waals surface area contributed by atoms with Gasteiger partial charge in [0.05, 0.1) is 12.2 Å². The van der Waals surface area contributed by atoms with Crippen LogP contribution >= 0.6 is 11.6 Å². The topological polar surface area (TPSA) is 55.3 Å². The van der Waals surface area contributed by atoms with E-state index < -0.39 is 5.60 Å². The highest BCUT2D eigenvalue weighted by molar-refractivity contribution is 6.30. The fourth-order valence-corrected chi connectivity index (χ4v) is 3.57. The number of rotatable bonds is 3. The van der Waals surface area contributed by atoms with E-state index in [1.807, 2.05) is 63.4 Å². The lowest BCUT2D eigenvalue weighted by Crippen LogP contribution is -2.40. The molecule has 2 aromatic carbocycles. The molecule has 6 heteroatoms. The van der Waals surface area contributed by atoms with Gasteiger partial charge >= 0.3 is 6.09 Å². The van der Waals surface area contributed by atoms with Crippen molar-refractivity contribution in [1.29, 1.82) is 0 Å². The predicted octanol–water partition coefficient (Wildman–Crippen LogP) is 6.26. The van der Waals surface area contributed by atoms with Crippen molar-refractivity contribution in [2.45, 2.75) is 39.3 Å². The van der Waals surface area contributed by atoms with Crippen LogP contribution in [0, 0.1) is 0 Å². The zero-order chi connectivity index (χ0) is 22.7. The second-order valence-electron chi connectivity index (χ2n) is 8.82. The molecule has 3 aromatic rings. The maximum atomic E-state index is 12.4. The lowest BCUT2D eigenvalue weighted by molar-refractivity contribution is 0.0222. The molecular formula is C26H26ClN3O2. The van der Waals surface area contributed by atoms with E-state index in [4.69, 9.17) is 21.3 Å². The SMILES string of the molecule is CC(C)(C)OC(=O)N1CCc2nc(-c3ccc(C=Cc4ccc(Cl)cc4)cc3)ncc2C1. The number of carbonyl (C=O) groups excluding carboxylic acids is 1. The summed E-state index contributed by atoms with van der Waals surface area (Å²) in [6, 6.07) is 15.9. The van der Waals surface area contributed by atoms with E-state index in [0.717, 1.165) is 33.0 Å². The van der Waals surface area contributed by atoms with E-state index in [-0.39, 0.29) is 6.09 Å². The Bertz CT molecular complexity index is 1130. The van der Waals surface area contributed by atoms with Gasteiger partial charge in [0, 0.05) is 35.3 Å². The lowest BCUT2D eigenvalue weighted by atomic mass is 10.1. The molecule has 5 nitrogen and oxygen atoms in total. The molecule has 1 aromatic heterocycles. The van der Waals surface area contributed by atoms with Crippen LogP contribution in [0.1, 0.15) is 43.2 Å². The Balaban J connectivity index is 1.44. The van der Waals surface area contributed by atoms with E-state index >= 15 is 0 Å². The Kier molecular flexibility index (Phi) is 6.28. The number of amides is 1. The predicted molar refractivity (Wildman–Crippen MR) is 128 cm³/mol. The first kappa shape index (κ1) is 22.0. The van der Waals surface area contributed by atoms with E-state index in [0.29, 0.717) is 25.3 Å². The summed E-state index contributed by atoms with van der Waals surface area (Å²) < 4.78 is 5.48. The largest absolute Gasteiger partial charge is 0.444 e. The Morgan fingerprint density at radius 2 is 1.66 bits per heavy atom. The molecule has 4 rings (SSSR count). The third-order valence-electron chi connectivity index (χ3n) is 5.09. The van der Waals surface area contributed by atoms with E-state index in [2.05, 4.69) is 29.3 Å². The van der Waals surface area contributed by atoms with Gasteiger partial charge in [-0.25, -0.2) is 14.8 Å². The van der Waals surface area contributed by atoms with Gasteiger partial charge in [-0.1, -0.05) is 60.2 Å². The molecule has 0 unspecified atom stereocenters. The highest BCUT2D eigenvalue weighted by atomic mass is 35.5. The van der Waals surface area contributed by atoms with Crippen LogP contribution in [-0.2, 0) is 17.7 Å². The van der Waals surface area contributed by atoms with Gasteiger partial charge in [-0.15, -0.1) is 0 Å². The number of benzene rings is 2. The lowest BCUT2D eigenvalue weighted by Gasteiger charge is -2.30. The molecule has 0 fully saturated rings. The summed E-state index contributed by atoms with van der Waals surface area (Å²) >= 11 is 5.93. The molecule has 0 bridgehead atoms. The summed E-state index contributed by atoms with van der Waals surface area (Å²) in [6.07, 6.45) is 6.33. The molecule has 0 aliphatic carbocycles. The third-order valence-corrected chi connectivity index (χ3v) is 5.34. The maximum absolute atomic E-state index is 12.4. The Hall–Kier alpha value is -3.18. The summed E-state index contributed by atoms with van der Waals surface area (Å²) in [5, 5.41) is 0.731. The zero-order valence-corrected chi connectivity index (χ0v) is 19.3. The Morgan fingerprint density at radius 1 is 1.03 bits per heavy atom. The minimum atomic E-state index is -0.506. The molecule has 1 amide bonds. The molecule has 0 radical (unpaired) electrons. The van der Waals surface area contributed by atoms with Crippen molar-refractivity contribution >= 4 is 29.8 Å². The highest BCUT2D eigenvalue weighted by Crippen LogP contribution is 2.23. The molecule has 0 saturated carbocycles. The van der Waals surface area contributed by atoms with Crippen LogP contribution in [0.4, 0.5) is 4.79 Å².